The summed E-state index contributed by atoms with van der Waals surface area (Å²) in [5.41, 5.74) is 1.46. The van der Waals surface area contributed by atoms with Crippen molar-refractivity contribution in [2.24, 2.45) is 4.99 Å². The average Bonchev–Trinajstić information content (AvgIpc) is 2.46. The molecule has 0 radical (unpaired) electrons. The SMILES string of the molecule is O=S1(=O)NC(=NCc2ccc(Cl)cc2)Nc2ccccc21. The Morgan fingerprint density at radius 3 is 2.52 bits per heavy atom. The van der Waals surface area contributed by atoms with E-state index in [4.69, 9.17) is 11.6 Å². The Kier molecular flexibility index (Phi) is 3.57. The fourth-order valence-electron chi connectivity index (χ4n) is 1.97. The highest BCUT2D eigenvalue weighted by molar-refractivity contribution is 7.90. The molecule has 0 aliphatic carbocycles. The predicted octanol–water partition coefficient (Wildman–Crippen LogP) is 2.60. The standard InChI is InChI=1S/C14H12ClN3O2S/c15-11-7-5-10(6-8-11)9-16-14-17-12-3-1-2-4-13(12)21(19,20)18-14/h1-8H,9H2,(H2,16,17,18). The summed E-state index contributed by atoms with van der Waals surface area (Å²) in [5.74, 6) is 0.212. The molecule has 21 heavy (non-hydrogen) atoms. The van der Waals surface area contributed by atoms with Gasteiger partial charge in [0.15, 0.2) is 0 Å². The number of anilines is 1. The van der Waals surface area contributed by atoms with Crippen molar-refractivity contribution in [1.29, 1.82) is 0 Å². The number of fused-ring (bicyclic) bond motifs is 1. The molecule has 0 saturated carbocycles. The molecular formula is C14H12ClN3O2S. The third-order valence-electron chi connectivity index (χ3n) is 2.99. The summed E-state index contributed by atoms with van der Waals surface area (Å²) in [4.78, 5) is 4.47. The first-order valence-electron chi connectivity index (χ1n) is 6.22. The first kappa shape index (κ1) is 13.9. The van der Waals surface area contributed by atoms with Crippen molar-refractivity contribution in [2.75, 3.05) is 5.32 Å². The molecular weight excluding hydrogens is 310 g/mol. The van der Waals surface area contributed by atoms with E-state index in [1.807, 2.05) is 12.1 Å². The molecule has 2 aromatic rings. The predicted molar refractivity (Wildman–Crippen MR) is 83.0 cm³/mol. The van der Waals surface area contributed by atoms with Crippen LogP contribution in [0.3, 0.4) is 0 Å². The van der Waals surface area contributed by atoms with Crippen molar-refractivity contribution in [1.82, 2.24) is 4.72 Å². The molecule has 7 heteroatoms. The fraction of sp³-hybridized carbons (Fsp3) is 0.0714. The van der Waals surface area contributed by atoms with E-state index in [9.17, 15) is 8.42 Å². The number of benzene rings is 2. The Morgan fingerprint density at radius 2 is 1.76 bits per heavy atom. The Hall–Kier alpha value is -2.05. The third-order valence-corrected chi connectivity index (χ3v) is 4.64. The van der Waals surface area contributed by atoms with E-state index in [-0.39, 0.29) is 10.9 Å². The van der Waals surface area contributed by atoms with Gasteiger partial charge in [0.05, 0.1) is 12.2 Å². The number of rotatable bonds is 2. The van der Waals surface area contributed by atoms with Crippen LogP contribution >= 0.6 is 11.6 Å². The average molecular weight is 322 g/mol. The van der Waals surface area contributed by atoms with Crippen molar-refractivity contribution in [3.63, 3.8) is 0 Å². The van der Waals surface area contributed by atoms with Crippen LogP contribution in [0.5, 0.6) is 0 Å². The summed E-state index contributed by atoms with van der Waals surface area (Å²) >= 11 is 5.81. The van der Waals surface area contributed by atoms with E-state index in [1.165, 1.54) is 0 Å². The number of halogens is 1. The molecule has 0 spiro atoms. The lowest BCUT2D eigenvalue weighted by molar-refractivity contribution is 0.591. The highest BCUT2D eigenvalue weighted by Crippen LogP contribution is 2.23. The van der Waals surface area contributed by atoms with Gasteiger partial charge in [-0.15, -0.1) is 0 Å². The topological polar surface area (TPSA) is 70.6 Å². The van der Waals surface area contributed by atoms with E-state index in [0.717, 1.165) is 5.56 Å². The zero-order valence-electron chi connectivity index (χ0n) is 10.9. The lowest BCUT2D eigenvalue weighted by Crippen LogP contribution is -2.40. The van der Waals surface area contributed by atoms with Crippen LogP contribution in [0.15, 0.2) is 58.4 Å². The number of nitrogens with one attached hydrogen (secondary N) is 2. The summed E-state index contributed by atoms with van der Waals surface area (Å²) in [6.45, 7) is 0.351. The van der Waals surface area contributed by atoms with Gasteiger partial charge >= 0.3 is 0 Å². The second-order valence-corrected chi connectivity index (χ2v) is 6.61. The minimum Gasteiger partial charge on any atom is -0.324 e. The van der Waals surface area contributed by atoms with E-state index < -0.39 is 10.0 Å². The fourth-order valence-corrected chi connectivity index (χ4v) is 3.24. The van der Waals surface area contributed by atoms with Crippen molar-refractivity contribution in [3.8, 4) is 0 Å². The van der Waals surface area contributed by atoms with Gasteiger partial charge in [0, 0.05) is 5.02 Å². The highest BCUT2D eigenvalue weighted by Gasteiger charge is 2.25. The summed E-state index contributed by atoms with van der Waals surface area (Å²) in [5, 5.41) is 3.62. The van der Waals surface area contributed by atoms with Gasteiger partial charge in [-0.2, -0.15) is 0 Å². The Labute approximate surface area is 127 Å². The Morgan fingerprint density at radius 1 is 1.05 bits per heavy atom. The van der Waals surface area contributed by atoms with Crippen LogP contribution in [0, 0.1) is 0 Å². The Balaban J connectivity index is 1.85. The maximum atomic E-state index is 12.1. The largest absolute Gasteiger partial charge is 0.324 e. The zero-order valence-corrected chi connectivity index (χ0v) is 12.4. The second kappa shape index (κ2) is 5.38. The molecule has 0 bridgehead atoms. The van der Waals surface area contributed by atoms with E-state index in [0.29, 0.717) is 17.3 Å². The highest BCUT2D eigenvalue weighted by atomic mass is 35.5. The quantitative estimate of drug-likeness (QED) is 0.893. The molecule has 0 atom stereocenters. The minimum absolute atomic E-state index is 0.212. The first-order valence-corrected chi connectivity index (χ1v) is 8.08. The lowest BCUT2D eigenvalue weighted by Gasteiger charge is -2.21. The summed E-state index contributed by atoms with van der Waals surface area (Å²) in [6.07, 6.45) is 0. The number of guanidine groups is 1. The maximum absolute atomic E-state index is 12.1. The van der Waals surface area contributed by atoms with Crippen LogP contribution in [0.4, 0.5) is 5.69 Å². The van der Waals surface area contributed by atoms with Crippen molar-refractivity contribution in [3.05, 3.63) is 59.1 Å². The van der Waals surface area contributed by atoms with E-state index >= 15 is 0 Å². The van der Waals surface area contributed by atoms with E-state index in [2.05, 4.69) is 15.0 Å². The van der Waals surface area contributed by atoms with Crippen molar-refractivity contribution in [2.45, 2.75) is 11.4 Å². The van der Waals surface area contributed by atoms with Crippen LogP contribution in [-0.4, -0.2) is 14.4 Å². The number of para-hydroxylation sites is 1. The maximum Gasteiger partial charge on any atom is 0.266 e. The van der Waals surface area contributed by atoms with Crippen LogP contribution in [0.1, 0.15) is 5.56 Å². The molecule has 2 aromatic carbocycles. The van der Waals surface area contributed by atoms with Crippen LogP contribution in [0.25, 0.3) is 0 Å². The van der Waals surface area contributed by atoms with Gasteiger partial charge in [-0.3, -0.25) is 0 Å². The molecule has 0 aromatic heterocycles. The number of aliphatic imine (C=N–C) groups is 1. The zero-order chi connectivity index (χ0) is 14.9. The molecule has 3 rings (SSSR count). The molecule has 0 saturated heterocycles. The van der Waals surface area contributed by atoms with Crippen LogP contribution < -0.4 is 10.0 Å². The van der Waals surface area contributed by atoms with Crippen LogP contribution in [0.2, 0.25) is 5.02 Å². The van der Waals surface area contributed by atoms with Gasteiger partial charge < -0.3 is 5.32 Å². The van der Waals surface area contributed by atoms with Gasteiger partial charge in [0.25, 0.3) is 10.0 Å². The van der Waals surface area contributed by atoms with Crippen LogP contribution in [-0.2, 0) is 16.6 Å². The molecule has 5 nitrogen and oxygen atoms in total. The second-order valence-electron chi connectivity index (χ2n) is 4.52. The normalized spacial score (nSPS) is 17.7. The molecule has 1 aliphatic heterocycles. The van der Waals surface area contributed by atoms with Gasteiger partial charge in [0.2, 0.25) is 5.96 Å². The monoisotopic (exact) mass is 321 g/mol. The molecule has 1 aliphatic rings. The Bertz CT molecular complexity index is 801. The number of nitrogens with zero attached hydrogens (tertiary/aromatic N) is 1. The lowest BCUT2D eigenvalue weighted by atomic mass is 10.2. The van der Waals surface area contributed by atoms with E-state index in [1.54, 1.807) is 36.4 Å². The van der Waals surface area contributed by atoms with Gasteiger partial charge in [-0.1, -0.05) is 35.9 Å². The molecule has 0 unspecified atom stereocenters. The molecule has 0 fully saturated rings. The third kappa shape index (κ3) is 3.01. The number of sulfonamides is 1. The summed E-state index contributed by atoms with van der Waals surface area (Å²) < 4.78 is 26.6. The molecule has 108 valence electrons. The molecule has 2 N–H and O–H groups in total. The van der Waals surface area contributed by atoms with Gasteiger partial charge in [0.1, 0.15) is 4.90 Å². The van der Waals surface area contributed by atoms with Crippen molar-refractivity contribution < 1.29 is 8.42 Å². The minimum atomic E-state index is -3.57. The smallest absolute Gasteiger partial charge is 0.266 e. The summed E-state index contributed by atoms with van der Waals surface area (Å²) in [7, 11) is -3.57. The van der Waals surface area contributed by atoms with Gasteiger partial charge in [-0.25, -0.2) is 18.1 Å². The number of hydrogen-bond donors (Lipinski definition) is 2. The first-order chi connectivity index (χ1) is 10.0. The molecule has 1 heterocycles. The number of hydrogen-bond acceptors (Lipinski definition) is 3. The molecule has 0 amide bonds. The summed E-state index contributed by atoms with van der Waals surface area (Å²) in [6, 6.07) is 13.9. The van der Waals surface area contributed by atoms with Gasteiger partial charge in [-0.05, 0) is 29.8 Å². The van der Waals surface area contributed by atoms with Crippen molar-refractivity contribution >= 4 is 33.3 Å².